The van der Waals surface area contributed by atoms with Crippen molar-refractivity contribution in [1.82, 2.24) is 5.32 Å². The van der Waals surface area contributed by atoms with Gasteiger partial charge in [0, 0.05) is 10.7 Å². The maximum absolute atomic E-state index is 13.7. The van der Waals surface area contributed by atoms with Gasteiger partial charge in [0.1, 0.15) is 5.82 Å². The van der Waals surface area contributed by atoms with E-state index in [9.17, 15) is 9.18 Å². The van der Waals surface area contributed by atoms with E-state index >= 15 is 0 Å². The van der Waals surface area contributed by atoms with Crippen LogP contribution in [0.25, 0.3) is 0 Å². The van der Waals surface area contributed by atoms with Crippen LogP contribution in [0.1, 0.15) is 17.3 Å². The zero-order valence-corrected chi connectivity index (χ0v) is 13.8. The van der Waals surface area contributed by atoms with E-state index in [1.54, 1.807) is 12.1 Å². The van der Waals surface area contributed by atoms with Crippen molar-refractivity contribution in [2.45, 2.75) is 12.5 Å². The van der Waals surface area contributed by atoms with Crippen molar-refractivity contribution in [1.29, 1.82) is 0 Å². The van der Waals surface area contributed by atoms with Gasteiger partial charge < -0.3 is 5.32 Å². The van der Waals surface area contributed by atoms with E-state index in [1.807, 2.05) is 6.92 Å². The fourth-order valence-corrected chi connectivity index (χ4v) is 2.70. The summed E-state index contributed by atoms with van der Waals surface area (Å²) >= 11 is 9.69. The SMILES string of the molecule is CC(CBr)(CBr)NC(=O)c1cccc(Br)c1F. The number of halogens is 4. The van der Waals surface area contributed by atoms with Crippen LogP contribution in [0.4, 0.5) is 4.39 Å². The number of hydrogen-bond acceptors (Lipinski definition) is 1. The number of hydrogen-bond donors (Lipinski definition) is 1. The molecule has 2 nitrogen and oxygen atoms in total. The third kappa shape index (κ3) is 3.76. The molecule has 0 aliphatic heterocycles. The number of alkyl halides is 2. The summed E-state index contributed by atoms with van der Waals surface area (Å²) in [5.41, 5.74) is -0.418. The Morgan fingerprint density at radius 2 is 2.00 bits per heavy atom. The van der Waals surface area contributed by atoms with E-state index in [1.165, 1.54) is 6.07 Å². The second kappa shape index (κ2) is 6.29. The predicted molar refractivity (Wildman–Crippen MR) is 77.6 cm³/mol. The molecule has 94 valence electrons. The molecule has 0 heterocycles. The molecule has 0 saturated heterocycles. The molecule has 17 heavy (non-hydrogen) atoms. The number of benzene rings is 1. The van der Waals surface area contributed by atoms with Crippen LogP contribution in [0.2, 0.25) is 0 Å². The molecule has 1 rings (SSSR count). The molecule has 0 aliphatic rings. The molecule has 0 fully saturated rings. The highest BCUT2D eigenvalue weighted by molar-refractivity contribution is 9.10. The smallest absolute Gasteiger partial charge is 0.254 e. The number of nitrogens with one attached hydrogen (secondary N) is 1. The standard InChI is InChI=1S/C11H11Br3FNO/c1-11(5-12,6-13)16-10(17)7-3-2-4-8(14)9(7)15/h2-4H,5-6H2,1H3,(H,16,17). The quantitative estimate of drug-likeness (QED) is 0.720. The zero-order chi connectivity index (χ0) is 13.1. The first-order valence-electron chi connectivity index (χ1n) is 4.82. The first-order valence-corrected chi connectivity index (χ1v) is 7.85. The molecule has 0 saturated carbocycles. The largest absolute Gasteiger partial charge is 0.345 e. The van der Waals surface area contributed by atoms with Gasteiger partial charge in [0.15, 0.2) is 0 Å². The average molecular weight is 432 g/mol. The van der Waals surface area contributed by atoms with Crippen LogP contribution in [0.15, 0.2) is 22.7 Å². The first kappa shape index (κ1) is 15.1. The van der Waals surface area contributed by atoms with Gasteiger partial charge in [-0.2, -0.15) is 0 Å². The van der Waals surface area contributed by atoms with Crippen LogP contribution >= 0.6 is 47.8 Å². The van der Waals surface area contributed by atoms with E-state index in [-0.39, 0.29) is 10.0 Å². The summed E-state index contributed by atoms with van der Waals surface area (Å²) < 4.78 is 14.0. The van der Waals surface area contributed by atoms with Crippen LogP contribution in [0.3, 0.4) is 0 Å². The molecule has 1 N–H and O–H groups in total. The van der Waals surface area contributed by atoms with Crippen LogP contribution in [-0.4, -0.2) is 22.1 Å². The predicted octanol–water partition coefficient (Wildman–Crippen LogP) is 3.87. The maximum atomic E-state index is 13.7. The lowest BCUT2D eigenvalue weighted by atomic mass is 10.1. The normalized spacial score (nSPS) is 11.4. The van der Waals surface area contributed by atoms with E-state index in [0.717, 1.165) is 0 Å². The molecular weight excluding hydrogens is 421 g/mol. The Morgan fingerprint density at radius 3 is 2.53 bits per heavy atom. The lowest BCUT2D eigenvalue weighted by Crippen LogP contribution is -2.49. The Labute approximate surface area is 125 Å². The Balaban J connectivity index is 2.94. The first-order chi connectivity index (χ1) is 7.93. The number of carbonyl (C=O) groups is 1. The summed E-state index contributed by atoms with van der Waals surface area (Å²) in [7, 11) is 0. The fourth-order valence-electron chi connectivity index (χ4n) is 1.12. The van der Waals surface area contributed by atoms with Crippen LogP contribution in [0.5, 0.6) is 0 Å². The van der Waals surface area contributed by atoms with Crippen molar-refractivity contribution in [2.24, 2.45) is 0 Å². The number of carbonyl (C=O) groups excluding carboxylic acids is 1. The maximum Gasteiger partial charge on any atom is 0.254 e. The average Bonchev–Trinajstić information content (AvgIpc) is 2.32. The summed E-state index contributed by atoms with van der Waals surface area (Å²) in [6, 6.07) is 4.64. The number of amides is 1. The van der Waals surface area contributed by atoms with Crippen LogP contribution < -0.4 is 5.32 Å². The van der Waals surface area contributed by atoms with E-state index < -0.39 is 17.3 Å². The summed E-state index contributed by atoms with van der Waals surface area (Å²) in [5, 5.41) is 3.94. The molecule has 1 aromatic rings. The second-order valence-electron chi connectivity index (χ2n) is 3.88. The fraction of sp³-hybridized carbons (Fsp3) is 0.364. The molecule has 0 radical (unpaired) electrons. The topological polar surface area (TPSA) is 29.1 Å². The molecule has 6 heteroatoms. The van der Waals surface area contributed by atoms with Gasteiger partial charge >= 0.3 is 0 Å². The highest BCUT2D eigenvalue weighted by atomic mass is 79.9. The van der Waals surface area contributed by atoms with Crippen molar-refractivity contribution in [2.75, 3.05) is 10.7 Å². The van der Waals surface area contributed by atoms with Crippen LogP contribution in [-0.2, 0) is 0 Å². The van der Waals surface area contributed by atoms with Gasteiger partial charge in [0.2, 0.25) is 0 Å². The van der Waals surface area contributed by atoms with Crippen molar-refractivity contribution < 1.29 is 9.18 Å². The highest BCUT2D eigenvalue weighted by Crippen LogP contribution is 2.20. The van der Waals surface area contributed by atoms with Gasteiger partial charge in [-0.25, -0.2) is 4.39 Å². The van der Waals surface area contributed by atoms with Crippen LogP contribution in [0, 0.1) is 5.82 Å². The third-order valence-electron chi connectivity index (χ3n) is 2.20. The van der Waals surface area contributed by atoms with E-state index in [4.69, 9.17) is 0 Å². The van der Waals surface area contributed by atoms with Gasteiger partial charge in [0.25, 0.3) is 5.91 Å². The Kier molecular flexibility index (Phi) is 5.60. The summed E-state index contributed by atoms with van der Waals surface area (Å²) in [6.07, 6.45) is 0. The number of rotatable bonds is 4. The summed E-state index contributed by atoms with van der Waals surface area (Å²) in [4.78, 5) is 11.9. The van der Waals surface area contributed by atoms with Gasteiger partial charge in [-0.1, -0.05) is 37.9 Å². The van der Waals surface area contributed by atoms with Crippen molar-refractivity contribution >= 4 is 53.7 Å². The Morgan fingerprint density at radius 1 is 1.41 bits per heavy atom. The van der Waals surface area contributed by atoms with Gasteiger partial charge in [0.05, 0.1) is 15.6 Å². The monoisotopic (exact) mass is 429 g/mol. The minimum atomic E-state index is -0.545. The molecule has 0 spiro atoms. The lowest BCUT2D eigenvalue weighted by Gasteiger charge is -2.26. The summed E-state index contributed by atoms with van der Waals surface area (Å²) in [6.45, 7) is 1.87. The third-order valence-corrected chi connectivity index (χ3v) is 5.29. The van der Waals surface area contributed by atoms with E-state index in [0.29, 0.717) is 10.7 Å². The van der Waals surface area contributed by atoms with Crippen molar-refractivity contribution in [3.05, 3.63) is 34.1 Å². The van der Waals surface area contributed by atoms with Gasteiger partial charge in [-0.05, 0) is 35.0 Å². The Bertz CT molecular complexity index is 421. The molecule has 0 atom stereocenters. The molecular formula is C11H11Br3FNO. The van der Waals surface area contributed by atoms with Gasteiger partial charge in [-0.3, -0.25) is 4.79 Å². The lowest BCUT2D eigenvalue weighted by molar-refractivity contribution is 0.0918. The minimum absolute atomic E-state index is 0.0347. The molecule has 0 aliphatic carbocycles. The second-order valence-corrected chi connectivity index (χ2v) is 5.86. The Hall–Kier alpha value is 0.0600. The molecule has 1 aromatic carbocycles. The zero-order valence-electron chi connectivity index (χ0n) is 9.07. The molecule has 0 unspecified atom stereocenters. The molecule has 0 aromatic heterocycles. The molecule has 0 bridgehead atoms. The van der Waals surface area contributed by atoms with Crippen molar-refractivity contribution in [3.8, 4) is 0 Å². The molecule has 1 amide bonds. The summed E-state index contributed by atoms with van der Waals surface area (Å²) in [5.74, 6) is -0.971. The van der Waals surface area contributed by atoms with Crippen molar-refractivity contribution in [3.63, 3.8) is 0 Å². The van der Waals surface area contributed by atoms with Gasteiger partial charge in [-0.15, -0.1) is 0 Å². The highest BCUT2D eigenvalue weighted by Gasteiger charge is 2.25. The van der Waals surface area contributed by atoms with E-state index in [2.05, 4.69) is 53.1 Å². The minimum Gasteiger partial charge on any atom is -0.345 e.